The molecule has 3 rings (SSSR count). The maximum Gasteiger partial charge on any atom is 0.308 e. The van der Waals surface area contributed by atoms with Gasteiger partial charge < -0.3 is 14.9 Å². The monoisotopic (exact) mass is 372 g/mol. The van der Waals surface area contributed by atoms with Crippen LogP contribution in [0.4, 0.5) is 0 Å². The molecule has 1 aromatic heterocycles. The SMILES string of the molecule is CN(CC(=O)N1CC(C(=O)O)C(c2ccccc2)C1)C(=O)c1cccs1. The van der Waals surface area contributed by atoms with E-state index in [1.807, 2.05) is 35.7 Å². The molecule has 0 saturated carbocycles. The van der Waals surface area contributed by atoms with Crippen LogP contribution in [0.1, 0.15) is 21.2 Å². The van der Waals surface area contributed by atoms with Crippen LogP contribution in [-0.4, -0.2) is 59.4 Å². The third-order valence-electron chi connectivity index (χ3n) is 4.67. The summed E-state index contributed by atoms with van der Waals surface area (Å²) in [4.78, 5) is 40.0. The molecular formula is C19H20N2O4S. The summed E-state index contributed by atoms with van der Waals surface area (Å²) < 4.78 is 0. The van der Waals surface area contributed by atoms with Crippen molar-refractivity contribution < 1.29 is 19.5 Å². The first-order valence-corrected chi connectivity index (χ1v) is 9.20. The van der Waals surface area contributed by atoms with Gasteiger partial charge in [0.15, 0.2) is 0 Å². The molecule has 0 bridgehead atoms. The molecule has 2 atom stereocenters. The molecule has 1 aromatic carbocycles. The predicted molar refractivity (Wildman–Crippen MR) is 98.2 cm³/mol. The third kappa shape index (κ3) is 3.77. The molecule has 7 heteroatoms. The van der Waals surface area contributed by atoms with Gasteiger partial charge in [0.05, 0.1) is 17.3 Å². The quantitative estimate of drug-likeness (QED) is 0.872. The van der Waals surface area contributed by atoms with Crippen LogP contribution in [-0.2, 0) is 9.59 Å². The normalized spacial score (nSPS) is 19.3. The summed E-state index contributed by atoms with van der Waals surface area (Å²) in [7, 11) is 1.58. The topological polar surface area (TPSA) is 77.9 Å². The number of carboxylic acids is 1. The summed E-state index contributed by atoms with van der Waals surface area (Å²) in [6.45, 7) is 0.445. The molecule has 6 nitrogen and oxygen atoms in total. The molecule has 1 aliphatic heterocycles. The maximum absolute atomic E-state index is 12.6. The number of likely N-dealkylation sites (N-methyl/N-ethyl adjacent to an activating group) is 1. The molecular weight excluding hydrogens is 352 g/mol. The maximum atomic E-state index is 12.6. The Morgan fingerprint density at radius 3 is 2.50 bits per heavy atom. The van der Waals surface area contributed by atoms with E-state index in [1.54, 1.807) is 24.1 Å². The van der Waals surface area contributed by atoms with Crippen molar-refractivity contribution in [3.63, 3.8) is 0 Å². The molecule has 0 aliphatic carbocycles. The van der Waals surface area contributed by atoms with Crippen LogP contribution in [0, 0.1) is 5.92 Å². The highest BCUT2D eigenvalue weighted by molar-refractivity contribution is 7.12. The van der Waals surface area contributed by atoms with E-state index >= 15 is 0 Å². The Morgan fingerprint density at radius 2 is 1.88 bits per heavy atom. The van der Waals surface area contributed by atoms with E-state index in [0.29, 0.717) is 11.4 Å². The smallest absolute Gasteiger partial charge is 0.308 e. The van der Waals surface area contributed by atoms with Crippen molar-refractivity contribution in [1.82, 2.24) is 9.80 Å². The summed E-state index contributed by atoms with van der Waals surface area (Å²) in [6.07, 6.45) is 0. The van der Waals surface area contributed by atoms with E-state index in [2.05, 4.69) is 0 Å². The standard InChI is InChI=1S/C19H20N2O4S/c1-20(18(23)16-8-5-9-26-16)12-17(22)21-10-14(15(11-21)19(24)25)13-6-3-2-4-7-13/h2-9,14-15H,10-12H2,1H3,(H,24,25). The van der Waals surface area contributed by atoms with Crippen molar-refractivity contribution in [2.75, 3.05) is 26.7 Å². The minimum Gasteiger partial charge on any atom is -0.481 e. The number of nitrogens with zero attached hydrogens (tertiary/aromatic N) is 2. The summed E-state index contributed by atoms with van der Waals surface area (Å²) in [5.74, 6) is -2.23. The molecule has 0 radical (unpaired) electrons. The Labute approximate surface area is 155 Å². The zero-order chi connectivity index (χ0) is 18.7. The molecule has 1 saturated heterocycles. The van der Waals surface area contributed by atoms with E-state index in [-0.39, 0.29) is 30.8 Å². The number of benzene rings is 1. The second-order valence-electron chi connectivity index (χ2n) is 6.40. The first-order chi connectivity index (χ1) is 12.5. The summed E-state index contributed by atoms with van der Waals surface area (Å²) in [5, 5.41) is 11.3. The highest BCUT2D eigenvalue weighted by Crippen LogP contribution is 2.33. The van der Waals surface area contributed by atoms with Gasteiger partial charge >= 0.3 is 5.97 Å². The third-order valence-corrected chi connectivity index (χ3v) is 5.53. The Balaban J connectivity index is 1.68. The number of hydrogen-bond donors (Lipinski definition) is 1. The van der Waals surface area contributed by atoms with Crippen LogP contribution >= 0.6 is 11.3 Å². The Bertz CT molecular complexity index is 791. The zero-order valence-electron chi connectivity index (χ0n) is 14.4. The van der Waals surface area contributed by atoms with Gasteiger partial charge in [0, 0.05) is 26.1 Å². The fourth-order valence-electron chi connectivity index (χ4n) is 3.26. The van der Waals surface area contributed by atoms with Crippen molar-refractivity contribution in [2.45, 2.75) is 5.92 Å². The zero-order valence-corrected chi connectivity index (χ0v) is 15.2. The number of hydrogen-bond acceptors (Lipinski definition) is 4. The minimum absolute atomic E-state index is 0.0649. The summed E-state index contributed by atoms with van der Waals surface area (Å²) >= 11 is 1.33. The Morgan fingerprint density at radius 1 is 1.15 bits per heavy atom. The van der Waals surface area contributed by atoms with Gasteiger partial charge in [-0.15, -0.1) is 11.3 Å². The van der Waals surface area contributed by atoms with Gasteiger partial charge in [-0.1, -0.05) is 36.4 Å². The van der Waals surface area contributed by atoms with E-state index < -0.39 is 11.9 Å². The van der Waals surface area contributed by atoms with Gasteiger partial charge in [-0.05, 0) is 17.0 Å². The van der Waals surface area contributed by atoms with Crippen LogP contribution in [0.3, 0.4) is 0 Å². The van der Waals surface area contributed by atoms with Crippen LogP contribution in [0.5, 0.6) is 0 Å². The van der Waals surface area contributed by atoms with Crippen molar-refractivity contribution >= 4 is 29.1 Å². The predicted octanol–water partition coefficient (Wildman–Crippen LogP) is 2.15. The van der Waals surface area contributed by atoms with Gasteiger partial charge in [0.25, 0.3) is 5.91 Å². The Hall–Kier alpha value is -2.67. The second kappa shape index (κ2) is 7.70. The molecule has 1 aliphatic rings. The average molecular weight is 372 g/mol. The lowest BCUT2D eigenvalue weighted by Crippen LogP contribution is -2.40. The molecule has 2 aromatic rings. The lowest BCUT2D eigenvalue weighted by molar-refractivity contribution is -0.141. The van der Waals surface area contributed by atoms with Crippen LogP contribution in [0.25, 0.3) is 0 Å². The molecule has 0 spiro atoms. The van der Waals surface area contributed by atoms with Crippen molar-refractivity contribution in [2.24, 2.45) is 5.92 Å². The summed E-state index contributed by atoms with van der Waals surface area (Å²) in [6, 6.07) is 12.9. The molecule has 1 N–H and O–H groups in total. The van der Waals surface area contributed by atoms with Crippen molar-refractivity contribution in [3.05, 3.63) is 58.3 Å². The fourth-order valence-corrected chi connectivity index (χ4v) is 3.98. The average Bonchev–Trinajstić information content (AvgIpc) is 3.31. The highest BCUT2D eigenvalue weighted by atomic mass is 32.1. The number of aliphatic carboxylic acids is 1. The summed E-state index contributed by atoms with van der Waals surface area (Å²) in [5.41, 5.74) is 0.915. The van der Waals surface area contributed by atoms with Gasteiger partial charge in [0.2, 0.25) is 5.91 Å². The fraction of sp³-hybridized carbons (Fsp3) is 0.316. The molecule has 2 unspecified atom stereocenters. The van der Waals surface area contributed by atoms with Crippen LogP contribution in [0.15, 0.2) is 47.8 Å². The lowest BCUT2D eigenvalue weighted by atomic mass is 9.89. The molecule has 2 amide bonds. The van der Waals surface area contributed by atoms with E-state index in [9.17, 15) is 19.5 Å². The molecule has 2 heterocycles. The van der Waals surface area contributed by atoms with Crippen LogP contribution in [0.2, 0.25) is 0 Å². The number of thiophene rings is 1. The number of rotatable bonds is 5. The van der Waals surface area contributed by atoms with Crippen LogP contribution < -0.4 is 0 Å². The van der Waals surface area contributed by atoms with Crippen molar-refractivity contribution in [3.8, 4) is 0 Å². The Kier molecular flexibility index (Phi) is 5.37. The molecule has 26 heavy (non-hydrogen) atoms. The second-order valence-corrected chi connectivity index (χ2v) is 7.35. The van der Waals surface area contributed by atoms with Gasteiger partial charge in [-0.3, -0.25) is 14.4 Å². The first-order valence-electron chi connectivity index (χ1n) is 8.32. The van der Waals surface area contributed by atoms with Gasteiger partial charge in [-0.2, -0.15) is 0 Å². The largest absolute Gasteiger partial charge is 0.481 e. The van der Waals surface area contributed by atoms with E-state index in [1.165, 1.54) is 16.2 Å². The number of likely N-dealkylation sites (tertiary alicyclic amines) is 1. The van der Waals surface area contributed by atoms with E-state index in [0.717, 1.165) is 5.56 Å². The highest BCUT2D eigenvalue weighted by Gasteiger charge is 2.40. The molecule has 136 valence electrons. The number of carbonyl (C=O) groups excluding carboxylic acids is 2. The van der Waals surface area contributed by atoms with Gasteiger partial charge in [-0.25, -0.2) is 0 Å². The number of amides is 2. The number of carboxylic acid groups (broad SMARTS) is 1. The lowest BCUT2D eigenvalue weighted by Gasteiger charge is -2.21. The minimum atomic E-state index is -0.905. The number of carbonyl (C=O) groups is 3. The van der Waals surface area contributed by atoms with Crippen molar-refractivity contribution in [1.29, 1.82) is 0 Å². The van der Waals surface area contributed by atoms with Gasteiger partial charge in [0.1, 0.15) is 0 Å². The first kappa shape index (κ1) is 18.1. The molecule has 1 fully saturated rings. The van der Waals surface area contributed by atoms with E-state index in [4.69, 9.17) is 0 Å².